The van der Waals surface area contributed by atoms with Crippen molar-refractivity contribution >= 4 is 15.8 Å². The van der Waals surface area contributed by atoms with Gasteiger partial charge in [-0.2, -0.15) is 0 Å². The second-order valence-electron chi connectivity index (χ2n) is 4.54. The maximum absolute atomic E-state index is 11.9. The molecule has 18 heavy (non-hydrogen) atoms. The van der Waals surface area contributed by atoms with Gasteiger partial charge in [-0.1, -0.05) is 12.1 Å². The predicted molar refractivity (Wildman–Crippen MR) is 66.0 cm³/mol. The largest absolute Gasteiger partial charge is 0.480 e. The topological polar surface area (TPSA) is 97.5 Å². The molecule has 0 aliphatic heterocycles. The number of benzene rings is 1. The SMILES string of the molecule is NC(Cc1ccc(S(=O)(=O)C2CC2)cc1)C(=O)O. The number of aliphatic carboxylic acids is 1. The van der Waals surface area contributed by atoms with Gasteiger partial charge in [-0.05, 0) is 37.0 Å². The van der Waals surface area contributed by atoms with Crippen LogP contribution in [0.5, 0.6) is 0 Å². The van der Waals surface area contributed by atoms with Crippen LogP contribution in [0.15, 0.2) is 29.2 Å². The molecule has 0 bridgehead atoms. The molecule has 98 valence electrons. The Bertz CT molecular complexity index is 546. The third-order valence-corrected chi connectivity index (χ3v) is 5.27. The van der Waals surface area contributed by atoms with Crippen LogP contribution >= 0.6 is 0 Å². The zero-order chi connectivity index (χ0) is 13.3. The predicted octanol–water partition coefficient (Wildman–Crippen LogP) is 0.577. The van der Waals surface area contributed by atoms with Crippen molar-refractivity contribution in [2.75, 3.05) is 0 Å². The van der Waals surface area contributed by atoms with E-state index < -0.39 is 21.8 Å². The molecule has 1 saturated carbocycles. The molecule has 2 rings (SSSR count). The molecule has 1 fully saturated rings. The summed E-state index contributed by atoms with van der Waals surface area (Å²) in [4.78, 5) is 10.9. The summed E-state index contributed by atoms with van der Waals surface area (Å²) in [5.41, 5.74) is 6.13. The molecular formula is C12H15NO4S. The molecule has 6 heteroatoms. The molecule has 0 amide bonds. The average molecular weight is 269 g/mol. The zero-order valence-corrected chi connectivity index (χ0v) is 10.6. The van der Waals surface area contributed by atoms with Crippen LogP contribution in [0.1, 0.15) is 18.4 Å². The number of carboxylic acid groups (broad SMARTS) is 1. The Hall–Kier alpha value is -1.40. The van der Waals surface area contributed by atoms with Crippen LogP contribution in [0, 0.1) is 0 Å². The molecule has 3 N–H and O–H groups in total. The summed E-state index contributed by atoms with van der Waals surface area (Å²) in [5, 5.41) is 8.46. The molecule has 1 unspecified atom stereocenters. The zero-order valence-electron chi connectivity index (χ0n) is 9.74. The maximum atomic E-state index is 11.9. The van der Waals surface area contributed by atoms with Crippen LogP contribution in [0.25, 0.3) is 0 Å². The third-order valence-electron chi connectivity index (χ3n) is 2.99. The number of hydrogen-bond donors (Lipinski definition) is 2. The van der Waals surface area contributed by atoms with Gasteiger partial charge in [0.15, 0.2) is 9.84 Å². The Balaban J connectivity index is 2.13. The molecule has 1 aromatic carbocycles. The van der Waals surface area contributed by atoms with Crippen molar-refractivity contribution in [2.45, 2.75) is 35.4 Å². The molecule has 0 radical (unpaired) electrons. The van der Waals surface area contributed by atoms with Crippen molar-refractivity contribution < 1.29 is 18.3 Å². The second kappa shape index (κ2) is 4.70. The van der Waals surface area contributed by atoms with Crippen molar-refractivity contribution in [3.8, 4) is 0 Å². The fourth-order valence-corrected chi connectivity index (χ4v) is 3.38. The molecule has 0 spiro atoms. The summed E-state index contributed by atoms with van der Waals surface area (Å²) in [7, 11) is -3.17. The minimum atomic E-state index is -3.17. The minimum Gasteiger partial charge on any atom is -0.480 e. The van der Waals surface area contributed by atoms with E-state index in [0.29, 0.717) is 4.90 Å². The molecule has 0 heterocycles. The van der Waals surface area contributed by atoms with Gasteiger partial charge >= 0.3 is 5.97 Å². The summed E-state index contributed by atoms with van der Waals surface area (Å²) in [6.07, 6.45) is 1.65. The van der Waals surface area contributed by atoms with Crippen molar-refractivity contribution in [1.29, 1.82) is 0 Å². The Morgan fingerprint density at radius 3 is 2.33 bits per heavy atom. The van der Waals surface area contributed by atoms with Crippen LogP contribution in [0.4, 0.5) is 0 Å². The van der Waals surface area contributed by atoms with Gasteiger partial charge in [-0.3, -0.25) is 4.79 Å². The number of nitrogens with two attached hydrogens (primary N) is 1. The highest BCUT2D eigenvalue weighted by Gasteiger charge is 2.36. The van der Waals surface area contributed by atoms with Gasteiger partial charge in [-0.25, -0.2) is 8.42 Å². The molecular weight excluding hydrogens is 254 g/mol. The van der Waals surface area contributed by atoms with E-state index in [9.17, 15) is 13.2 Å². The number of carboxylic acids is 1. The Morgan fingerprint density at radius 1 is 1.33 bits per heavy atom. The first-order valence-corrected chi connectivity index (χ1v) is 7.27. The lowest BCUT2D eigenvalue weighted by Crippen LogP contribution is -2.32. The standard InChI is InChI=1S/C12H15NO4S/c13-11(12(14)15)7-8-1-3-9(4-2-8)18(16,17)10-5-6-10/h1-4,10-11H,5-7,13H2,(H,14,15). The fraction of sp³-hybridized carbons (Fsp3) is 0.417. The Labute approximate surface area is 106 Å². The van der Waals surface area contributed by atoms with Crippen LogP contribution in [0.3, 0.4) is 0 Å². The van der Waals surface area contributed by atoms with Gasteiger partial charge in [0.1, 0.15) is 6.04 Å². The highest BCUT2D eigenvalue weighted by Crippen LogP contribution is 2.33. The van der Waals surface area contributed by atoms with Gasteiger partial charge in [-0.15, -0.1) is 0 Å². The number of carbonyl (C=O) groups is 1. The van der Waals surface area contributed by atoms with Gasteiger partial charge < -0.3 is 10.8 Å². The van der Waals surface area contributed by atoms with E-state index in [4.69, 9.17) is 10.8 Å². The normalized spacial score (nSPS) is 17.4. The third kappa shape index (κ3) is 2.70. The van der Waals surface area contributed by atoms with Gasteiger partial charge in [0.05, 0.1) is 10.1 Å². The van der Waals surface area contributed by atoms with E-state index in [1.54, 1.807) is 12.1 Å². The molecule has 1 aliphatic rings. The summed E-state index contributed by atoms with van der Waals surface area (Å²) in [6, 6.07) is 5.33. The Kier molecular flexibility index (Phi) is 3.41. The molecule has 1 aliphatic carbocycles. The molecule has 0 saturated heterocycles. The van der Waals surface area contributed by atoms with E-state index >= 15 is 0 Å². The van der Waals surface area contributed by atoms with E-state index in [2.05, 4.69) is 0 Å². The first-order chi connectivity index (χ1) is 8.41. The molecule has 5 nitrogen and oxygen atoms in total. The Morgan fingerprint density at radius 2 is 1.89 bits per heavy atom. The van der Waals surface area contributed by atoms with Crippen molar-refractivity contribution in [3.63, 3.8) is 0 Å². The van der Waals surface area contributed by atoms with E-state index in [-0.39, 0.29) is 11.7 Å². The number of sulfone groups is 1. The van der Waals surface area contributed by atoms with E-state index in [1.165, 1.54) is 12.1 Å². The highest BCUT2D eigenvalue weighted by atomic mass is 32.2. The van der Waals surface area contributed by atoms with E-state index in [0.717, 1.165) is 18.4 Å². The summed E-state index contributed by atoms with van der Waals surface area (Å²) in [6.45, 7) is 0. The van der Waals surface area contributed by atoms with Gasteiger partial charge in [0, 0.05) is 0 Å². The first kappa shape index (κ1) is 13.0. The lowest BCUT2D eigenvalue weighted by Gasteiger charge is -2.07. The average Bonchev–Trinajstić information content (AvgIpc) is 3.13. The lowest BCUT2D eigenvalue weighted by molar-refractivity contribution is -0.138. The van der Waals surface area contributed by atoms with Crippen molar-refractivity contribution in [1.82, 2.24) is 0 Å². The van der Waals surface area contributed by atoms with Crippen molar-refractivity contribution in [3.05, 3.63) is 29.8 Å². The fourth-order valence-electron chi connectivity index (χ4n) is 1.73. The van der Waals surface area contributed by atoms with Gasteiger partial charge in [0.25, 0.3) is 0 Å². The molecule has 1 aromatic rings. The van der Waals surface area contributed by atoms with E-state index in [1.807, 2.05) is 0 Å². The first-order valence-electron chi connectivity index (χ1n) is 5.72. The van der Waals surface area contributed by atoms with Crippen LogP contribution in [-0.2, 0) is 21.1 Å². The summed E-state index contributed by atoms with van der Waals surface area (Å²) < 4.78 is 23.8. The molecule has 1 atom stereocenters. The summed E-state index contributed by atoms with van der Waals surface area (Å²) >= 11 is 0. The number of rotatable bonds is 5. The molecule has 0 aromatic heterocycles. The number of hydrogen-bond acceptors (Lipinski definition) is 4. The second-order valence-corrected chi connectivity index (χ2v) is 6.77. The maximum Gasteiger partial charge on any atom is 0.320 e. The quantitative estimate of drug-likeness (QED) is 0.814. The lowest BCUT2D eigenvalue weighted by atomic mass is 10.1. The summed E-state index contributed by atoms with van der Waals surface area (Å²) in [5.74, 6) is -1.07. The highest BCUT2D eigenvalue weighted by molar-refractivity contribution is 7.92. The van der Waals surface area contributed by atoms with Crippen LogP contribution in [-0.4, -0.2) is 30.8 Å². The van der Waals surface area contributed by atoms with Crippen LogP contribution < -0.4 is 5.73 Å². The minimum absolute atomic E-state index is 0.194. The van der Waals surface area contributed by atoms with Crippen molar-refractivity contribution in [2.24, 2.45) is 5.73 Å². The smallest absolute Gasteiger partial charge is 0.320 e. The van der Waals surface area contributed by atoms with Gasteiger partial charge in [0.2, 0.25) is 0 Å². The van der Waals surface area contributed by atoms with Crippen LogP contribution in [0.2, 0.25) is 0 Å². The monoisotopic (exact) mass is 269 g/mol.